The van der Waals surface area contributed by atoms with Crippen molar-refractivity contribution in [3.63, 3.8) is 0 Å². The lowest BCUT2D eigenvalue weighted by Crippen LogP contribution is -2.47. The van der Waals surface area contributed by atoms with Crippen LogP contribution in [0.25, 0.3) is 0 Å². The monoisotopic (exact) mass is 255 g/mol. The zero-order chi connectivity index (χ0) is 13.4. The van der Waals surface area contributed by atoms with E-state index in [0.29, 0.717) is 6.04 Å². The van der Waals surface area contributed by atoms with Gasteiger partial charge in [-0.25, -0.2) is 0 Å². The maximum absolute atomic E-state index is 6.01. The van der Waals surface area contributed by atoms with Crippen molar-refractivity contribution in [2.45, 2.75) is 64.0 Å². The van der Waals surface area contributed by atoms with E-state index in [4.69, 9.17) is 5.73 Å². The quantitative estimate of drug-likeness (QED) is 0.642. The molecular weight excluding hydrogens is 222 g/mol. The van der Waals surface area contributed by atoms with Gasteiger partial charge in [0.1, 0.15) is 0 Å². The molecule has 0 radical (unpaired) electrons. The van der Waals surface area contributed by atoms with Crippen LogP contribution in [0, 0.1) is 0 Å². The number of unbranched alkanes of at least 4 members (excludes halogenated alkanes) is 3. The molecule has 1 aliphatic rings. The Morgan fingerprint density at radius 2 is 2.06 bits per heavy atom. The molecule has 1 fully saturated rings. The Balaban J connectivity index is 2.37. The van der Waals surface area contributed by atoms with Crippen LogP contribution in [0.1, 0.15) is 51.9 Å². The van der Waals surface area contributed by atoms with E-state index in [2.05, 4.69) is 30.8 Å². The van der Waals surface area contributed by atoms with Crippen LogP contribution >= 0.6 is 0 Å². The molecule has 0 aromatic rings. The maximum Gasteiger partial charge on any atom is 0.0226 e. The van der Waals surface area contributed by atoms with E-state index in [9.17, 15) is 0 Å². The van der Waals surface area contributed by atoms with E-state index in [1.165, 1.54) is 58.0 Å². The third-order valence-electron chi connectivity index (χ3n) is 4.13. The molecule has 1 aliphatic heterocycles. The third-order valence-corrected chi connectivity index (χ3v) is 4.13. The number of nitrogens with zero attached hydrogens (tertiary/aromatic N) is 2. The highest BCUT2D eigenvalue weighted by Crippen LogP contribution is 2.23. The average molecular weight is 255 g/mol. The third kappa shape index (κ3) is 5.25. The SMILES string of the molecule is CCCCCCC(CN)N1CCCC1CN(C)C. The zero-order valence-corrected chi connectivity index (χ0v) is 12.7. The van der Waals surface area contributed by atoms with Crippen LogP contribution in [-0.2, 0) is 0 Å². The molecule has 2 N–H and O–H groups in total. The van der Waals surface area contributed by atoms with Crippen molar-refractivity contribution in [1.29, 1.82) is 0 Å². The number of rotatable bonds is 9. The first-order valence-corrected chi connectivity index (χ1v) is 7.79. The number of hydrogen-bond donors (Lipinski definition) is 1. The second-order valence-corrected chi connectivity index (χ2v) is 6.03. The molecule has 1 saturated heterocycles. The van der Waals surface area contributed by atoms with Gasteiger partial charge in [0.05, 0.1) is 0 Å². The molecule has 0 spiro atoms. The Morgan fingerprint density at radius 3 is 2.67 bits per heavy atom. The van der Waals surface area contributed by atoms with Crippen molar-refractivity contribution in [2.24, 2.45) is 5.73 Å². The summed E-state index contributed by atoms with van der Waals surface area (Å²) in [5, 5.41) is 0. The molecule has 1 rings (SSSR count). The number of likely N-dealkylation sites (N-methyl/N-ethyl adjacent to an activating group) is 1. The van der Waals surface area contributed by atoms with Crippen LogP contribution in [0.15, 0.2) is 0 Å². The summed E-state index contributed by atoms with van der Waals surface area (Å²) in [4.78, 5) is 5.00. The molecule has 3 heteroatoms. The summed E-state index contributed by atoms with van der Waals surface area (Å²) < 4.78 is 0. The molecule has 0 aliphatic carbocycles. The molecule has 0 saturated carbocycles. The summed E-state index contributed by atoms with van der Waals surface area (Å²) in [6, 6.07) is 1.36. The Kier molecular flexibility index (Phi) is 7.87. The predicted molar refractivity (Wildman–Crippen MR) is 79.9 cm³/mol. The number of hydrogen-bond acceptors (Lipinski definition) is 3. The molecule has 108 valence electrons. The Bertz CT molecular complexity index is 206. The first-order chi connectivity index (χ1) is 8.69. The molecule has 18 heavy (non-hydrogen) atoms. The zero-order valence-electron chi connectivity index (χ0n) is 12.7. The van der Waals surface area contributed by atoms with Crippen LogP contribution < -0.4 is 5.73 Å². The van der Waals surface area contributed by atoms with Gasteiger partial charge in [0.15, 0.2) is 0 Å². The molecule has 0 aromatic carbocycles. The normalized spacial score (nSPS) is 22.8. The van der Waals surface area contributed by atoms with Gasteiger partial charge in [0, 0.05) is 25.2 Å². The lowest BCUT2D eigenvalue weighted by Gasteiger charge is -2.34. The van der Waals surface area contributed by atoms with Gasteiger partial charge in [0.25, 0.3) is 0 Å². The lowest BCUT2D eigenvalue weighted by molar-refractivity contribution is 0.146. The van der Waals surface area contributed by atoms with E-state index in [0.717, 1.165) is 12.6 Å². The van der Waals surface area contributed by atoms with Gasteiger partial charge >= 0.3 is 0 Å². The van der Waals surface area contributed by atoms with Gasteiger partial charge in [0.2, 0.25) is 0 Å². The van der Waals surface area contributed by atoms with Crippen molar-refractivity contribution >= 4 is 0 Å². The highest BCUT2D eigenvalue weighted by Gasteiger charge is 2.29. The lowest BCUT2D eigenvalue weighted by atomic mass is 10.0. The smallest absolute Gasteiger partial charge is 0.0226 e. The highest BCUT2D eigenvalue weighted by atomic mass is 15.2. The van der Waals surface area contributed by atoms with Crippen LogP contribution in [0.2, 0.25) is 0 Å². The van der Waals surface area contributed by atoms with Gasteiger partial charge in [-0.1, -0.05) is 32.6 Å². The average Bonchev–Trinajstić information content (AvgIpc) is 2.77. The second kappa shape index (κ2) is 8.89. The Labute approximate surface area is 114 Å². The van der Waals surface area contributed by atoms with E-state index in [-0.39, 0.29) is 0 Å². The molecule has 2 atom stereocenters. The molecule has 1 heterocycles. The summed E-state index contributed by atoms with van der Waals surface area (Å²) in [6.45, 7) is 5.55. The van der Waals surface area contributed by atoms with E-state index in [1.807, 2.05) is 0 Å². The molecule has 3 nitrogen and oxygen atoms in total. The first-order valence-electron chi connectivity index (χ1n) is 7.79. The molecular formula is C15H33N3. The van der Waals surface area contributed by atoms with Crippen LogP contribution in [0.4, 0.5) is 0 Å². The van der Waals surface area contributed by atoms with E-state index < -0.39 is 0 Å². The van der Waals surface area contributed by atoms with Crippen molar-refractivity contribution in [3.8, 4) is 0 Å². The molecule has 0 bridgehead atoms. The molecule has 0 aromatic heterocycles. The van der Waals surface area contributed by atoms with Crippen molar-refractivity contribution in [2.75, 3.05) is 33.7 Å². The van der Waals surface area contributed by atoms with Crippen LogP contribution in [0.3, 0.4) is 0 Å². The summed E-state index contributed by atoms with van der Waals surface area (Å²) >= 11 is 0. The molecule has 2 unspecified atom stereocenters. The number of nitrogens with two attached hydrogens (primary N) is 1. The predicted octanol–water partition coefficient (Wildman–Crippen LogP) is 2.31. The molecule has 0 amide bonds. The van der Waals surface area contributed by atoms with Crippen molar-refractivity contribution in [1.82, 2.24) is 9.80 Å². The fraction of sp³-hybridized carbons (Fsp3) is 1.00. The van der Waals surface area contributed by atoms with Crippen LogP contribution in [-0.4, -0.2) is 55.6 Å². The van der Waals surface area contributed by atoms with Gasteiger partial charge < -0.3 is 10.6 Å². The minimum Gasteiger partial charge on any atom is -0.329 e. The fourth-order valence-corrected chi connectivity index (χ4v) is 3.18. The fourth-order valence-electron chi connectivity index (χ4n) is 3.18. The van der Waals surface area contributed by atoms with Crippen molar-refractivity contribution < 1.29 is 0 Å². The van der Waals surface area contributed by atoms with E-state index in [1.54, 1.807) is 0 Å². The van der Waals surface area contributed by atoms with Gasteiger partial charge in [-0.05, 0) is 39.9 Å². The topological polar surface area (TPSA) is 32.5 Å². The highest BCUT2D eigenvalue weighted by molar-refractivity contribution is 4.86. The summed E-state index contributed by atoms with van der Waals surface area (Å²) in [7, 11) is 4.35. The second-order valence-electron chi connectivity index (χ2n) is 6.03. The van der Waals surface area contributed by atoms with Gasteiger partial charge in [-0.2, -0.15) is 0 Å². The minimum atomic E-state index is 0.620. The van der Waals surface area contributed by atoms with Gasteiger partial charge in [-0.3, -0.25) is 4.90 Å². The maximum atomic E-state index is 6.01. The first kappa shape index (κ1) is 15.9. The van der Waals surface area contributed by atoms with Crippen LogP contribution in [0.5, 0.6) is 0 Å². The van der Waals surface area contributed by atoms with Crippen molar-refractivity contribution in [3.05, 3.63) is 0 Å². The Morgan fingerprint density at radius 1 is 1.28 bits per heavy atom. The standard InChI is InChI=1S/C15H33N3/c1-4-5-6-7-9-14(12-16)18-11-8-10-15(18)13-17(2)3/h14-15H,4-13,16H2,1-3H3. The Hall–Kier alpha value is -0.120. The minimum absolute atomic E-state index is 0.620. The summed E-state index contributed by atoms with van der Waals surface area (Å²) in [5.41, 5.74) is 6.01. The number of likely N-dealkylation sites (tertiary alicyclic amines) is 1. The summed E-state index contributed by atoms with van der Waals surface area (Å²) in [5.74, 6) is 0. The summed E-state index contributed by atoms with van der Waals surface area (Å²) in [6.07, 6.45) is 9.41. The van der Waals surface area contributed by atoms with Gasteiger partial charge in [-0.15, -0.1) is 0 Å². The largest absolute Gasteiger partial charge is 0.329 e. The van der Waals surface area contributed by atoms with E-state index >= 15 is 0 Å².